The van der Waals surface area contributed by atoms with E-state index in [0.717, 1.165) is 0 Å². The largest absolute Gasteiger partial charge is 0.454 e. The summed E-state index contributed by atoms with van der Waals surface area (Å²) in [6.07, 6.45) is 0. The van der Waals surface area contributed by atoms with Gasteiger partial charge >= 0.3 is 0 Å². The van der Waals surface area contributed by atoms with Gasteiger partial charge in [-0.3, -0.25) is 14.2 Å². The van der Waals surface area contributed by atoms with Crippen LogP contribution in [0, 0.1) is 4.77 Å². The van der Waals surface area contributed by atoms with E-state index >= 15 is 0 Å². The molecule has 0 atom stereocenters. The molecule has 0 radical (unpaired) electrons. The van der Waals surface area contributed by atoms with Crippen LogP contribution >= 0.6 is 12.2 Å². The number of para-hydroxylation sites is 1. The van der Waals surface area contributed by atoms with Gasteiger partial charge in [0, 0.05) is 11.6 Å². The Morgan fingerprint density at radius 1 is 1.21 bits per heavy atom. The van der Waals surface area contributed by atoms with Crippen molar-refractivity contribution in [1.29, 1.82) is 0 Å². The molecule has 0 spiro atoms. The number of carbonyl (C=O) groups is 1. The van der Waals surface area contributed by atoms with Crippen LogP contribution < -0.4 is 15.0 Å². The Labute approximate surface area is 141 Å². The van der Waals surface area contributed by atoms with Crippen LogP contribution in [0.4, 0.5) is 0 Å². The second-order valence-corrected chi connectivity index (χ2v) is 5.78. The number of carbonyl (C=O) groups excluding carboxylic acids is 1. The van der Waals surface area contributed by atoms with Crippen LogP contribution in [0.15, 0.2) is 41.2 Å². The standard InChI is InChI=1S/C17H12N2O4S/c1-9(20)11-6-14-15(23-8-22-14)7-13(11)19-16(21)10-4-2-3-5-12(10)18-17(19)24/h2-7H,8H2,1H3,(H,18,24). The Hall–Kier alpha value is -2.93. The fourth-order valence-corrected chi connectivity index (χ4v) is 3.07. The number of hydrogen-bond donors (Lipinski definition) is 1. The third-order valence-corrected chi connectivity index (χ3v) is 4.20. The number of fused-ring (bicyclic) bond motifs is 2. The molecular formula is C17H12N2O4S. The summed E-state index contributed by atoms with van der Waals surface area (Å²) in [5.74, 6) is 0.759. The van der Waals surface area contributed by atoms with Crippen molar-refractivity contribution in [3.8, 4) is 17.2 Å². The smallest absolute Gasteiger partial charge is 0.266 e. The summed E-state index contributed by atoms with van der Waals surface area (Å²) in [6, 6.07) is 10.3. The number of Topliss-reactive ketones (excluding diaryl/α,β-unsaturated/α-hetero) is 1. The molecule has 1 aliphatic rings. The first-order valence-corrected chi connectivity index (χ1v) is 7.66. The second kappa shape index (κ2) is 5.31. The maximum Gasteiger partial charge on any atom is 0.266 e. The van der Waals surface area contributed by atoms with Crippen molar-refractivity contribution in [2.75, 3.05) is 6.79 Å². The zero-order valence-corrected chi connectivity index (χ0v) is 13.5. The van der Waals surface area contributed by atoms with Crippen LogP contribution in [0.2, 0.25) is 0 Å². The first kappa shape index (κ1) is 14.6. The lowest BCUT2D eigenvalue weighted by atomic mass is 10.1. The van der Waals surface area contributed by atoms with Gasteiger partial charge in [-0.2, -0.15) is 0 Å². The molecule has 0 saturated heterocycles. The Balaban J connectivity index is 2.10. The fraction of sp³-hybridized carbons (Fsp3) is 0.118. The van der Waals surface area contributed by atoms with Crippen LogP contribution in [-0.4, -0.2) is 22.1 Å². The van der Waals surface area contributed by atoms with Crippen molar-refractivity contribution in [1.82, 2.24) is 9.55 Å². The summed E-state index contributed by atoms with van der Waals surface area (Å²) in [6.45, 7) is 1.51. The average Bonchev–Trinajstić information content (AvgIpc) is 3.01. The highest BCUT2D eigenvalue weighted by Gasteiger charge is 2.21. The average molecular weight is 340 g/mol. The van der Waals surface area contributed by atoms with Gasteiger partial charge in [-0.1, -0.05) is 12.1 Å². The number of hydrogen-bond acceptors (Lipinski definition) is 5. The molecule has 24 heavy (non-hydrogen) atoms. The number of nitrogens with zero attached hydrogens (tertiary/aromatic N) is 1. The SMILES string of the molecule is CC(=O)c1cc2c(cc1-n1c(=S)[nH]c3ccccc3c1=O)OCO2. The van der Waals surface area contributed by atoms with Crippen LogP contribution in [-0.2, 0) is 0 Å². The van der Waals surface area contributed by atoms with Crippen LogP contribution in [0.3, 0.4) is 0 Å². The lowest BCUT2D eigenvalue weighted by Gasteiger charge is -2.12. The van der Waals surface area contributed by atoms with Gasteiger partial charge in [0.2, 0.25) is 6.79 Å². The van der Waals surface area contributed by atoms with E-state index in [4.69, 9.17) is 21.7 Å². The van der Waals surface area contributed by atoms with Crippen LogP contribution in [0.1, 0.15) is 17.3 Å². The topological polar surface area (TPSA) is 73.3 Å². The van der Waals surface area contributed by atoms with Gasteiger partial charge in [0.25, 0.3) is 5.56 Å². The summed E-state index contributed by atoms with van der Waals surface area (Å²) in [4.78, 5) is 28.0. The molecule has 0 unspecified atom stereocenters. The molecule has 0 amide bonds. The predicted octanol–water partition coefficient (Wildman–Crippen LogP) is 2.98. The molecule has 6 nitrogen and oxygen atoms in total. The number of nitrogens with one attached hydrogen (secondary N) is 1. The summed E-state index contributed by atoms with van der Waals surface area (Å²) in [5.41, 5.74) is 1.07. The quantitative estimate of drug-likeness (QED) is 0.573. The van der Waals surface area contributed by atoms with E-state index in [-0.39, 0.29) is 22.9 Å². The third-order valence-electron chi connectivity index (χ3n) is 3.92. The molecule has 7 heteroatoms. The first-order chi connectivity index (χ1) is 11.6. The minimum atomic E-state index is -0.296. The van der Waals surface area contributed by atoms with E-state index in [1.807, 2.05) is 6.07 Å². The molecule has 0 saturated carbocycles. The fourth-order valence-electron chi connectivity index (χ4n) is 2.78. The monoisotopic (exact) mass is 340 g/mol. The minimum Gasteiger partial charge on any atom is -0.454 e. The number of aromatic amines is 1. The number of rotatable bonds is 2. The number of H-pyrrole nitrogens is 1. The Morgan fingerprint density at radius 3 is 2.67 bits per heavy atom. The van der Waals surface area contributed by atoms with E-state index < -0.39 is 0 Å². The van der Waals surface area contributed by atoms with E-state index in [2.05, 4.69) is 4.98 Å². The minimum absolute atomic E-state index is 0.0790. The molecule has 1 N–H and O–H groups in total. The molecular weight excluding hydrogens is 328 g/mol. The van der Waals surface area contributed by atoms with E-state index in [1.54, 1.807) is 30.3 Å². The zero-order chi connectivity index (χ0) is 16.8. The lowest BCUT2D eigenvalue weighted by Crippen LogP contribution is -2.22. The number of benzene rings is 2. The number of ether oxygens (including phenoxy) is 2. The molecule has 0 fully saturated rings. The summed E-state index contributed by atoms with van der Waals surface area (Å²) < 4.78 is 12.2. The predicted molar refractivity (Wildman–Crippen MR) is 90.9 cm³/mol. The summed E-state index contributed by atoms with van der Waals surface area (Å²) in [5, 5.41) is 0.485. The van der Waals surface area contributed by atoms with Crippen LogP contribution in [0.25, 0.3) is 16.6 Å². The molecule has 120 valence electrons. The molecule has 4 rings (SSSR count). The van der Waals surface area contributed by atoms with Crippen LogP contribution in [0.5, 0.6) is 11.5 Å². The van der Waals surface area contributed by atoms with Crippen molar-refractivity contribution in [3.05, 3.63) is 57.1 Å². The summed E-state index contributed by atoms with van der Waals surface area (Å²) in [7, 11) is 0. The van der Waals surface area contributed by atoms with Gasteiger partial charge in [-0.25, -0.2) is 0 Å². The molecule has 2 aromatic carbocycles. The van der Waals surface area contributed by atoms with E-state index in [1.165, 1.54) is 11.5 Å². The van der Waals surface area contributed by atoms with E-state index in [0.29, 0.717) is 33.7 Å². The molecule has 3 aromatic rings. The van der Waals surface area contributed by atoms with Gasteiger partial charge in [0.15, 0.2) is 22.1 Å². The second-order valence-electron chi connectivity index (χ2n) is 5.40. The van der Waals surface area contributed by atoms with E-state index in [9.17, 15) is 9.59 Å². The van der Waals surface area contributed by atoms with Gasteiger partial charge < -0.3 is 14.5 Å². The number of aromatic nitrogens is 2. The zero-order valence-electron chi connectivity index (χ0n) is 12.7. The molecule has 0 aliphatic carbocycles. The molecule has 1 aliphatic heterocycles. The maximum absolute atomic E-state index is 12.9. The van der Waals surface area contributed by atoms with Gasteiger partial charge in [0.05, 0.1) is 16.6 Å². The molecule has 0 bridgehead atoms. The highest BCUT2D eigenvalue weighted by atomic mass is 32.1. The van der Waals surface area contributed by atoms with Gasteiger partial charge in [-0.15, -0.1) is 0 Å². The highest BCUT2D eigenvalue weighted by molar-refractivity contribution is 7.71. The Bertz CT molecular complexity index is 1110. The third kappa shape index (κ3) is 2.13. The van der Waals surface area contributed by atoms with Crippen molar-refractivity contribution in [3.63, 3.8) is 0 Å². The highest BCUT2D eigenvalue weighted by Crippen LogP contribution is 2.36. The first-order valence-electron chi connectivity index (χ1n) is 7.25. The molecule has 1 aromatic heterocycles. The lowest BCUT2D eigenvalue weighted by molar-refractivity contribution is 0.101. The van der Waals surface area contributed by atoms with Crippen molar-refractivity contribution in [2.24, 2.45) is 0 Å². The van der Waals surface area contributed by atoms with Gasteiger partial charge in [0.1, 0.15) is 0 Å². The normalized spacial score (nSPS) is 12.5. The van der Waals surface area contributed by atoms with Crippen molar-refractivity contribution >= 4 is 28.9 Å². The van der Waals surface area contributed by atoms with Crippen molar-refractivity contribution in [2.45, 2.75) is 6.92 Å². The van der Waals surface area contributed by atoms with Gasteiger partial charge in [-0.05, 0) is 37.3 Å². The Morgan fingerprint density at radius 2 is 1.92 bits per heavy atom. The number of ketones is 1. The maximum atomic E-state index is 12.9. The van der Waals surface area contributed by atoms with Crippen molar-refractivity contribution < 1.29 is 14.3 Å². The Kier molecular flexibility index (Phi) is 3.24. The molecule has 2 heterocycles. The summed E-state index contributed by atoms with van der Waals surface area (Å²) >= 11 is 5.35.